The average Bonchev–Trinajstić information content (AvgIpc) is 3.09. The van der Waals surface area contributed by atoms with E-state index in [-0.39, 0.29) is 11.5 Å². The number of benzene rings is 1. The van der Waals surface area contributed by atoms with E-state index in [1.54, 1.807) is 13.0 Å². The van der Waals surface area contributed by atoms with Crippen LogP contribution in [0.15, 0.2) is 28.8 Å². The van der Waals surface area contributed by atoms with Gasteiger partial charge in [0.25, 0.3) is 5.91 Å². The van der Waals surface area contributed by atoms with Gasteiger partial charge in [-0.2, -0.15) is 0 Å². The lowest BCUT2D eigenvalue weighted by molar-refractivity contribution is -0.186. The van der Waals surface area contributed by atoms with Gasteiger partial charge in [-0.3, -0.25) is 4.79 Å². The van der Waals surface area contributed by atoms with Gasteiger partial charge in [0.2, 0.25) is 0 Å². The lowest BCUT2D eigenvalue weighted by Gasteiger charge is -2.60. The first-order chi connectivity index (χ1) is 14.0. The van der Waals surface area contributed by atoms with Crippen LogP contribution in [-0.2, 0) is 4.74 Å². The van der Waals surface area contributed by atoms with Crippen molar-refractivity contribution in [2.24, 2.45) is 23.7 Å². The molecule has 0 radical (unpaired) electrons. The summed E-state index contributed by atoms with van der Waals surface area (Å²) >= 11 is 6.34. The zero-order valence-corrected chi connectivity index (χ0v) is 17.7. The first-order valence-electron chi connectivity index (χ1n) is 10.6. The molecule has 5 nitrogen and oxygen atoms in total. The van der Waals surface area contributed by atoms with Crippen molar-refractivity contribution in [2.45, 2.75) is 44.6 Å². The summed E-state index contributed by atoms with van der Waals surface area (Å²) in [4.78, 5) is 13.2. The normalized spacial score (nSPS) is 32.5. The lowest BCUT2D eigenvalue weighted by atomic mass is 9.49. The minimum atomic E-state index is -0.251. The molecular weight excluding hydrogens is 388 g/mol. The standard InChI is InChI=1S/C23H27ClN2O3/c1-13-20(21(26-29-13)18-5-3-4-6-19(18)24)22(27)25-12-23(28-2)16-8-14-7-15(10-16)11-17(23)9-14/h3-6,14-17H,7-12H2,1-2H3,(H,25,27). The minimum Gasteiger partial charge on any atom is -0.376 e. The Balaban J connectivity index is 1.39. The fourth-order valence-corrected chi connectivity index (χ4v) is 6.68. The predicted octanol–water partition coefficient (Wildman–Crippen LogP) is 4.87. The van der Waals surface area contributed by atoms with Crippen molar-refractivity contribution in [1.82, 2.24) is 10.5 Å². The van der Waals surface area contributed by atoms with Gasteiger partial charge in [-0.05, 0) is 68.8 Å². The van der Waals surface area contributed by atoms with Gasteiger partial charge >= 0.3 is 0 Å². The van der Waals surface area contributed by atoms with E-state index in [2.05, 4.69) is 10.5 Å². The second-order valence-electron chi connectivity index (χ2n) is 9.09. The van der Waals surface area contributed by atoms with Crippen molar-refractivity contribution in [3.8, 4) is 11.3 Å². The highest BCUT2D eigenvalue weighted by Gasteiger charge is 2.57. The maximum Gasteiger partial charge on any atom is 0.257 e. The highest BCUT2D eigenvalue weighted by Crippen LogP contribution is 2.59. The fraction of sp³-hybridized carbons (Fsp3) is 0.565. The predicted molar refractivity (Wildman–Crippen MR) is 111 cm³/mol. The van der Waals surface area contributed by atoms with E-state index in [1.807, 2.05) is 25.3 Å². The SMILES string of the molecule is COC1(CNC(=O)c2c(-c3ccccc3Cl)noc2C)C2CC3CC(C2)CC1C3. The van der Waals surface area contributed by atoms with Crippen LogP contribution in [0.3, 0.4) is 0 Å². The van der Waals surface area contributed by atoms with Crippen molar-refractivity contribution in [2.75, 3.05) is 13.7 Å². The fourth-order valence-electron chi connectivity index (χ4n) is 6.46. The summed E-state index contributed by atoms with van der Waals surface area (Å²) in [7, 11) is 1.81. The molecule has 4 fully saturated rings. The Labute approximate surface area is 176 Å². The molecule has 6 heteroatoms. The monoisotopic (exact) mass is 414 g/mol. The number of amides is 1. The number of nitrogens with zero attached hydrogens (tertiary/aromatic N) is 1. The average molecular weight is 415 g/mol. The molecule has 1 aromatic carbocycles. The number of rotatable bonds is 5. The molecule has 4 aliphatic carbocycles. The molecule has 29 heavy (non-hydrogen) atoms. The van der Waals surface area contributed by atoms with E-state index in [0.717, 1.165) is 11.8 Å². The maximum absolute atomic E-state index is 13.2. The van der Waals surface area contributed by atoms with Gasteiger partial charge in [-0.1, -0.05) is 35.0 Å². The molecule has 154 valence electrons. The molecule has 2 aromatic rings. The van der Waals surface area contributed by atoms with Gasteiger partial charge in [0.05, 0.1) is 10.6 Å². The van der Waals surface area contributed by atoms with E-state index < -0.39 is 0 Å². The Morgan fingerprint density at radius 2 is 1.86 bits per heavy atom. The first-order valence-corrected chi connectivity index (χ1v) is 10.9. The highest BCUT2D eigenvalue weighted by molar-refractivity contribution is 6.33. The molecule has 0 aliphatic heterocycles. The summed E-state index contributed by atoms with van der Waals surface area (Å²) in [6, 6.07) is 7.37. The summed E-state index contributed by atoms with van der Waals surface area (Å²) < 4.78 is 11.5. The van der Waals surface area contributed by atoms with Gasteiger partial charge in [0.1, 0.15) is 17.0 Å². The molecule has 0 spiro atoms. The zero-order chi connectivity index (χ0) is 20.2. The maximum atomic E-state index is 13.2. The molecule has 0 saturated heterocycles. The second-order valence-corrected chi connectivity index (χ2v) is 9.50. The van der Waals surface area contributed by atoms with Crippen molar-refractivity contribution < 1.29 is 14.1 Å². The molecule has 1 amide bonds. The number of methoxy groups -OCH3 is 1. The number of carbonyl (C=O) groups is 1. The Morgan fingerprint density at radius 3 is 2.48 bits per heavy atom. The van der Waals surface area contributed by atoms with E-state index >= 15 is 0 Å². The summed E-state index contributed by atoms with van der Waals surface area (Å²) in [6.45, 7) is 2.29. The summed E-state index contributed by atoms with van der Waals surface area (Å²) in [5, 5.41) is 7.84. The number of hydrogen-bond donors (Lipinski definition) is 1. The Bertz CT molecular complexity index is 910. The summed E-state index contributed by atoms with van der Waals surface area (Å²) in [5.74, 6) is 3.09. The van der Waals surface area contributed by atoms with Crippen LogP contribution in [0.2, 0.25) is 5.02 Å². The third kappa shape index (κ3) is 3.01. The lowest BCUT2D eigenvalue weighted by Crippen LogP contribution is -2.63. The largest absolute Gasteiger partial charge is 0.376 e. The smallest absolute Gasteiger partial charge is 0.257 e. The van der Waals surface area contributed by atoms with E-state index in [9.17, 15) is 4.79 Å². The van der Waals surface area contributed by atoms with Gasteiger partial charge in [-0.25, -0.2) is 0 Å². The molecule has 0 unspecified atom stereocenters. The Morgan fingerprint density at radius 1 is 1.21 bits per heavy atom. The first kappa shape index (κ1) is 19.1. The van der Waals surface area contributed by atoms with Crippen LogP contribution in [0.1, 0.15) is 48.2 Å². The quantitative estimate of drug-likeness (QED) is 0.757. The van der Waals surface area contributed by atoms with Gasteiger partial charge in [0, 0.05) is 19.2 Å². The highest BCUT2D eigenvalue weighted by atomic mass is 35.5. The molecular formula is C23H27ClN2O3. The zero-order valence-electron chi connectivity index (χ0n) is 16.9. The number of halogens is 1. The molecule has 4 aliphatic rings. The van der Waals surface area contributed by atoms with E-state index in [1.165, 1.54) is 32.1 Å². The second kappa shape index (κ2) is 7.13. The van der Waals surface area contributed by atoms with E-state index in [0.29, 0.717) is 46.0 Å². The Kier molecular flexibility index (Phi) is 4.71. The van der Waals surface area contributed by atoms with Crippen molar-refractivity contribution in [3.63, 3.8) is 0 Å². The van der Waals surface area contributed by atoms with Gasteiger partial charge < -0.3 is 14.6 Å². The molecule has 1 N–H and O–H groups in total. The number of nitrogens with one attached hydrogen (secondary N) is 1. The Hall–Kier alpha value is -1.85. The summed E-state index contributed by atoms with van der Waals surface area (Å²) in [6.07, 6.45) is 6.31. The van der Waals surface area contributed by atoms with Crippen LogP contribution in [0.25, 0.3) is 11.3 Å². The number of aromatic nitrogens is 1. The summed E-state index contributed by atoms with van der Waals surface area (Å²) in [5.41, 5.74) is 1.39. The molecule has 4 bridgehead atoms. The minimum absolute atomic E-state index is 0.177. The van der Waals surface area contributed by atoms with Crippen LogP contribution < -0.4 is 5.32 Å². The van der Waals surface area contributed by atoms with E-state index in [4.69, 9.17) is 20.9 Å². The third-order valence-corrected chi connectivity index (χ3v) is 7.97. The number of carbonyl (C=O) groups excluding carboxylic acids is 1. The van der Waals surface area contributed by atoms with Crippen molar-refractivity contribution in [3.05, 3.63) is 40.6 Å². The molecule has 4 saturated carbocycles. The van der Waals surface area contributed by atoms with Crippen LogP contribution in [0, 0.1) is 30.6 Å². The molecule has 6 rings (SSSR count). The van der Waals surface area contributed by atoms with Crippen LogP contribution in [0.5, 0.6) is 0 Å². The molecule has 1 heterocycles. The molecule has 1 aromatic heterocycles. The topological polar surface area (TPSA) is 64.4 Å². The number of hydrogen-bond acceptors (Lipinski definition) is 4. The van der Waals surface area contributed by atoms with Crippen LogP contribution in [-0.4, -0.2) is 30.3 Å². The van der Waals surface area contributed by atoms with Crippen molar-refractivity contribution in [1.29, 1.82) is 0 Å². The van der Waals surface area contributed by atoms with Gasteiger partial charge in [0.15, 0.2) is 0 Å². The molecule has 0 atom stereocenters. The number of aryl methyl sites for hydroxylation is 1. The van der Waals surface area contributed by atoms with Crippen LogP contribution >= 0.6 is 11.6 Å². The van der Waals surface area contributed by atoms with Crippen molar-refractivity contribution >= 4 is 17.5 Å². The third-order valence-electron chi connectivity index (χ3n) is 7.64. The van der Waals surface area contributed by atoms with Crippen LogP contribution in [0.4, 0.5) is 0 Å². The van der Waals surface area contributed by atoms with Gasteiger partial charge in [-0.15, -0.1) is 0 Å². The number of ether oxygens (including phenoxy) is 1.